The molecular formula is C12H18FN3. The molecule has 0 bridgehead atoms. The predicted molar refractivity (Wildman–Crippen MR) is 63.1 cm³/mol. The van der Waals surface area contributed by atoms with Gasteiger partial charge in [-0.3, -0.25) is 4.98 Å². The number of hydrogen-bond acceptors (Lipinski definition) is 3. The molecule has 0 radical (unpaired) electrons. The molecule has 1 saturated heterocycles. The van der Waals surface area contributed by atoms with Crippen LogP contribution in [-0.2, 0) is 0 Å². The van der Waals surface area contributed by atoms with Gasteiger partial charge in [-0.1, -0.05) is 0 Å². The first-order valence-corrected chi connectivity index (χ1v) is 5.69. The molecule has 2 rings (SSSR count). The molecule has 1 fully saturated rings. The molecule has 0 N–H and O–H groups in total. The van der Waals surface area contributed by atoms with Crippen molar-refractivity contribution in [1.82, 2.24) is 9.88 Å². The lowest BCUT2D eigenvalue weighted by Gasteiger charge is -2.36. The quantitative estimate of drug-likeness (QED) is 0.761. The highest BCUT2D eigenvalue weighted by Crippen LogP contribution is 2.21. The van der Waals surface area contributed by atoms with E-state index in [2.05, 4.69) is 28.9 Å². The number of pyridine rings is 1. The average molecular weight is 223 g/mol. The molecule has 1 aliphatic heterocycles. The molecule has 0 amide bonds. The summed E-state index contributed by atoms with van der Waals surface area (Å²) >= 11 is 0. The first-order chi connectivity index (χ1) is 7.66. The Bertz CT molecular complexity index is 346. The summed E-state index contributed by atoms with van der Waals surface area (Å²) in [7, 11) is 4.23. The van der Waals surface area contributed by atoms with Gasteiger partial charge in [0, 0.05) is 25.2 Å². The van der Waals surface area contributed by atoms with Crippen LogP contribution in [0, 0.1) is 5.82 Å². The van der Waals surface area contributed by atoms with Crippen molar-refractivity contribution in [2.45, 2.75) is 18.9 Å². The monoisotopic (exact) mass is 223 g/mol. The molecule has 16 heavy (non-hydrogen) atoms. The zero-order valence-electron chi connectivity index (χ0n) is 9.86. The summed E-state index contributed by atoms with van der Waals surface area (Å²) in [4.78, 5) is 8.36. The molecule has 0 spiro atoms. The summed E-state index contributed by atoms with van der Waals surface area (Å²) in [6.07, 6.45) is 5.24. The van der Waals surface area contributed by atoms with Crippen LogP contribution < -0.4 is 4.90 Å². The maximum Gasteiger partial charge on any atom is 0.143 e. The van der Waals surface area contributed by atoms with Crippen molar-refractivity contribution in [2.24, 2.45) is 0 Å². The number of piperidine rings is 1. The van der Waals surface area contributed by atoms with Crippen molar-refractivity contribution in [2.75, 3.05) is 32.1 Å². The lowest BCUT2D eigenvalue weighted by Crippen LogP contribution is -2.42. The van der Waals surface area contributed by atoms with E-state index in [0.29, 0.717) is 6.04 Å². The van der Waals surface area contributed by atoms with Crippen molar-refractivity contribution >= 4 is 5.69 Å². The van der Waals surface area contributed by atoms with Crippen molar-refractivity contribution < 1.29 is 4.39 Å². The third-order valence-corrected chi connectivity index (χ3v) is 3.25. The van der Waals surface area contributed by atoms with Crippen LogP contribution in [-0.4, -0.2) is 43.1 Å². The number of halogens is 1. The van der Waals surface area contributed by atoms with Crippen LogP contribution in [0.15, 0.2) is 18.5 Å². The molecule has 0 saturated carbocycles. The number of rotatable bonds is 2. The van der Waals surface area contributed by atoms with E-state index in [1.165, 1.54) is 6.20 Å². The van der Waals surface area contributed by atoms with Crippen LogP contribution in [0.25, 0.3) is 0 Å². The fraction of sp³-hybridized carbons (Fsp3) is 0.583. The normalized spacial score (nSPS) is 18.1. The molecule has 0 aliphatic carbocycles. The van der Waals surface area contributed by atoms with Gasteiger partial charge in [0.25, 0.3) is 0 Å². The number of hydrogen-bond donors (Lipinski definition) is 0. The van der Waals surface area contributed by atoms with Gasteiger partial charge in [-0.2, -0.15) is 0 Å². The van der Waals surface area contributed by atoms with Gasteiger partial charge in [0.1, 0.15) is 5.82 Å². The number of nitrogens with zero attached hydrogens (tertiary/aromatic N) is 3. The minimum atomic E-state index is -0.257. The van der Waals surface area contributed by atoms with Crippen molar-refractivity contribution in [3.05, 3.63) is 24.3 Å². The topological polar surface area (TPSA) is 19.4 Å². The van der Waals surface area contributed by atoms with E-state index < -0.39 is 0 Å². The Hall–Kier alpha value is -1.16. The van der Waals surface area contributed by atoms with Crippen LogP contribution in [0.4, 0.5) is 10.1 Å². The van der Waals surface area contributed by atoms with Gasteiger partial charge in [-0.15, -0.1) is 0 Å². The predicted octanol–water partition coefficient (Wildman–Crippen LogP) is 1.75. The van der Waals surface area contributed by atoms with Gasteiger partial charge in [0.2, 0.25) is 0 Å². The molecule has 1 aromatic heterocycles. The van der Waals surface area contributed by atoms with Crippen molar-refractivity contribution in [3.8, 4) is 0 Å². The van der Waals surface area contributed by atoms with Gasteiger partial charge in [0.15, 0.2) is 0 Å². The van der Waals surface area contributed by atoms with Gasteiger partial charge in [-0.05, 0) is 26.9 Å². The van der Waals surface area contributed by atoms with E-state index in [0.717, 1.165) is 31.6 Å². The van der Waals surface area contributed by atoms with Crippen molar-refractivity contribution in [3.63, 3.8) is 0 Å². The first-order valence-electron chi connectivity index (χ1n) is 5.69. The summed E-state index contributed by atoms with van der Waals surface area (Å²) in [5.74, 6) is -0.257. The molecule has 4 heteroatoms. The highest BCUT2D eigenvalue weighted by Gasteiger charge is 2.20. The van der Waals surface area contributed by atoms with Crippen molar-refractivity contribution in [1.29, 1.82) is 0 Å². The highest BCUT2D eigenvalue weighted by atomic mass is 19.1. The maximum absolute atomic E-state index is 13.0. The van der Waals surface area contributed by atoms with E-state index in [1.807, 2.05) is 0 Å². The first kappa shape index (κ1) is 11.3. The Morgan fingerprint density at radius 1 is 1.31 bits per heavy atom. The van der Waals surface area contributed by atoms with Crippen LogP contribution in [0.1, 0.15) is 12.8 Å². The standard InChI is InChI=1S/C12H18FN3/c1-15(2)11-3-5-16(6-4-11)12-7-10(13)8-14-9-12/h7-9,11H,3-6H2,1-2H3. The van der Waals surface area contributed by atoms with Gasteiger partial charge in [0.05, 0.1) is 18.1 Å². The minimum Gasteiger partial charge on any atom is -0.370 e. The second-order valence-electron chi connectivity index (χ2n) is 4.54. The Morgan fingerprint density at radius 3 is 2.56 bits per heavy atom. The smallest absolute Gasteiger partial charge is 0.143 e. The molecule has 1 aliphatic rings. The Labute approximate surface area is 95.9 Å². The van der Waals surface area contributed by atoms with Crippen LogP contribution in [0.5, 0.6) is 0 Å². The highest BCUT2D eigenvalue weighted by molar-refractivity contribution is 5.44. The lowest BCUT2D eigenvalue weighted by molar-refractivity contribution is 0.249. The number of aromatic nitrogens is 1. The Balaban J connectivity index is 1.99. The second kappa shape index (κ2) is 4.78. The van der Waals surface area contributed by atoms with Crippen LogP contribution >= 0.6 is 0 Å². The summed E-state index contributed by atoms with van der Waals surface area (Å²) < 4.78 is 13.0. The fourth-order valence-electron chi connectivity index (χ4n) is 2.21. The maximum atomic E-state index is 13.0. The van der Waals surface area contributed by atoms with Gasteiger partial charge >= 0.3 is 0 Å². The van der Waals surface area contributed by atoms with E-state index in [1.54, 1.807) is 12.3 Å². The van der Waals surface area contributed by atoms with Crippen LogP contribution in [0.2, 0.25) is 0 Å². The molecule has 0 atom stereocenters. The fourth-order valence-corrected chi connectivity index (χ4v) is 2.21. The summed E-state index contributed by atoms with van der Waals surface area (Å²) in [5, 5.41) is 0. The van der Waals surface area contributed by atoms with E-state index in [9.17, 15) is 4.39 Å². The minimum absolute atomic E-state index is 0.257. The molecule has 0 unspecified atom stereocenters. The molecular weight excluding hydrogens is 205 g/mol. The van der Waals surface area contributed by atoms with E-state index >= 15 is 0 Å². The third-order valence-electron chi connectivity index (χ3n) is 3.25. The van der Waals surface area contributed by atoms with Gasteiger partial charge < -0.3 is 9.80 Å². The van der Waals surface area contributed by atoms with E-state index in [-0.39, 0.29) is 5.82 Å². The summed E-state index contributed by atoms with van der Waals surface area (Å²) in [6.45, 7) is 1.96. The van der Waals surface area contributed by atoms with E-state index in [4.69, 9.17) is 0 Å². The molecule has 0 aromatic carbocycles. The third kappa shape index (κ3) is 2.50. The molecule has 2 heterocycles. The summed E-state index contributed by atoms with van der Waals surface area (Å²) in [5.41, 5.74) is 0.900. The molecule has 1 aromatic rings. The van der Waals surface area contributed by atoms with Gasteiger partial charge in [-0.25, -0.2) is 4.39 Å². The Morgan fingerprint density at radius 2 is 2.00 bits per heavy atom. The largest absolute Gasteiger partial charge is 0.370 e. The Kier molecular flexibility index (Phi) is 3.39. The lowest BCUT2D eigenvalue weighted by atomic mass is 10.0. The SMILES string of the molecule is CN(C)C1CCN(c2cncc(F)c2)CC1. The summed E-state index contributed by atoms with van der Waals surface area (Å²) in [6, 6.07) is 2.21. The van der Waals surface area contributed by atoms with Crippen LogP contribution in [0.3, 0.4) is 0 Å². The zero-order valence-corrected chi connectivity index (χ0v) is 9.86. The number of anilines is 1. The molecule has 3 nitrogen and oxygen atoms in total. The molecule has 88 valence electrons. The average Bonchev–Trinajstić information content (AvgIpc) is 2.29. The second-order valence-corrected chi connectivity index (χ2v) is 4.54. The zero-order chi connectivity index (χ0) is 11.5.